The first-order valence-corrected chi connectivity index (χ1v) is 14.3. The van der Waals surface area contributed by atoms with Gasteiger partial charge in [-0.25, -0.2) is 9.48 Å². The summed E-state index contributed by atoms with van der Waals surface area (Å²) in [6.07, 6.45) is 5.50. The summed E-state index contributed by atoms with van der Waals surface area (Å²) in [6.45, 7) is 4.71. The van der Waals surface area contributed by atoms with Crippen molar-refractivity contribution >= 4 is 40.8 Å². The second-order valence-corrected chi connectivity index (χ2v) is 11.9. The zero-order chi connectivity index (χ0) is 27.3. The van der Waals surface area contributed by atoms with Crippen molar-refractivity contribution in [2.45, 2.75) is 64.2 Å². The van der Waals surface area contributed by atoms with Crippen molar-refractivity contribution in [1.29, 1.82) is 0 Å². The highest BCUT2D eigenvalue weighted by molar-refractivity contribution is 6.37. The van der Waals surface area contributed by atoms with Crippen LogP contribution in [0.1, 0.15) is 67.1 Å². The maximum Gasteiger partial charge on any atom is 0.338 e. The van der Waals surface area contributed by atoms with E-state index in [1.54, 1.807) is 28.9 Å². The molecule has 3 aromatic rings. The summed E-state index contributed by atoms with van der Waals surface area (Å²) in [7, 11) is 0. The van der Waals surface area contributed by atoms with Crippen LogP contribution in [0.3, 0.4) is 0 Å². The number of aromatic nitrogens is 2. The molecule has 9 heteroatoms. The van der Waals surface area contributed by atoms with Gasteiger partial charge in [0, 0.05) is 11.7 Å². The van der Waals surface area contributed by atoms with Gasteiger partial charge in [0.2, 0.25) is 5.91 Å². The third-order valence-electron chi connectivity index (χ3n) is 7.83. The molecule has 2 aliphatic carbocycles. The van der Waals surface area contributed by atoms with Crippen LogP contribution in [0.5, 0.6) is 0 Å². The molecule has 7 nitrogen and oxygen atoms in total. The normalized spacial score (nSPS) is 22.2. The van der Waals surface area contributed by atoms with E-state index in [0.717, 1.165) is 42.6 Å². The molecule has 1 aromatic heterocycles. The molecule has 6 rings (SSSR count). The summed E-state index contributed by atoms with van der Waals surface area (Å²) in [5, 5.41) is 5.68. The number of carbonyl (C=O) groups is 2. The van der Waals surface area contributed by atoms with Crippen molar-refractivity contribution in [3.05, 3.63) is 75.5 Å². The van der Waals surface area contributed by atoms with E-state index in [0.29, 0.717) is 40.4 Å². The maximum absolute atomic E-state index is 13.4. The largest absolute Gasteiger partial charge is 0.462 e. The van der Waals surface area contributed by atoms with Crippen molar-refractivity contribution in [3.63, 3.8) is 0 Å². The van der Waals surface area contributed by atoms with Crippen molar-refractivity contribution in [1.82, 2.24) is 9.78 Å². The number of benzene rings is 2. The summed E-state index contributed by atoms with van der Waals surface area (Å²) in [5.41, 5.74) is 4.04. The predicted octanol–water partition coefficient (Wildman–Crippen LogP) is 6.58. The number of piperidine rings is 1. The van der Waals surface area contributed by atoms with Crippen molar-refractivity contribution < 1.29 is 19.1 Å². The molecular formula is C30H31Cl2N3O4. The molecule has 0 radical (unpaired) electrons. The molecule has 1 amide bonds. The Bertz CT molecular complexity index is 1380. The van der Waals surface area contributed by atoms with Crippen LogP contribution in [0.4, 0.5) is 5.69 Å². The SMILES string of the molecule is CC(C)COC(=O)c1ccc(N2C(=O)[C@@H]3C[C@H]2C[C@H]3OCc2c(C3CC3)cnn2-c2c(Cl)cccc2Cl)cc1. The number of para-hydroxylation sites is 1. The zero-order valence-electron chi connectivity index (χ0n) is 22.0. The minimum Gasteiger partial charge on any atom is -0.462 e. The van der Waals surface area contributed by atoms with Crippen LogP contribution in [-0.2, 0) is 20.9 Å². The van der Waals surface area contributed by atoms with E-state index < -0.39 is 0 Å². The molecule has 3 fully saturated rings. The average Bonchev–Trinajstić information content (AvgIpc) is 3.42. The number of carbonyl (C=O) groups excluding carboxylic acids is 2. The van der Waals surface area contributed by atoms with E-state index in [2.05, 4.69) is 5.10 Å². The van der Waals surface area contributed by atoms with Crippen molar-refractivity contribution in [2.75, 3.05) is 11.5 Å². The highest BCUT2D eigenvalue weighted by atomic mass is 35.5. The highest BCUT2D eigenvalue weighted by Gasteiger charge is 2.52. The first-order valence-electron chi connectivity index (χ1n) is 13.5. The standard InChI is InChI=1S/C30H31Cl2N3O4/c1-17(2)15-39-30(37)19-8-10-20(11-9-19)34-21-12-22(29(34)36)27(13-21)38-16-26-23(18-6-7-18)14-33-35(26)28-24(31)4-3-5-25(28)32/h3-5,8-11,14,17-18,21-22,27H,6-7,12-13,15-16H2,1-2H3/t21-,22+,27+/m0/s1. The van der Waals surface area contributed by atoms with E-state index in [4.69, 9.17) is 32.7 Å². The number of esters is 1. The molecule has 39 heavy (non-hydrogen) atoms. The molecule has 2 saturated carbocycles. The number of nitrogens with zero attached hydrogens (tertiary/aromatic N) is 3. The highest BCUT2D eigenvalue weighted by Crippen LogP contribution is 2.45. The van der Waals surface area contributed by atoms with Crippen molar-refractivity contribution in [2.24, 2.45) is 11.8 Å². The van der Waals surface area contributed by atoms with E-state index in [9.17, 15) is 9.59 Å². The van der Waals surface area contributed by atoms with Gasteiger partial charge in [-0.15, -0.1) is 0 Å². The van der Waals surface area contributed by atoms with Crippen molar-refractivity contribution in [3.8, 4) is 5.69 Å². The molecule has 0 spiro atoms. The average molecular weight is 569 g/mol. The number of fused-ring (bicyclic) bond motifs is 2. The second-order valence-electron chi connectivity index (χ2n) is 11.1. The van der Waals surface area contributed by atoms with Crippen LogP contribution in [0.2, 0.25) is 10.0 Å². The van der Waals surface area contributed by atoms with Gasteiger partial charge in [-0.3, -0.25) is 4.79 Å². The van der Waals surface area contributed by atoms with Gasteiger partial charge in [0.1, 0.15) is 5.69 Å². The quantitative estimate of drug-likeness (QED) is 0.273. The van der Waals surface area contributed by atoms with Gasteiger partial charge in [-0.2, -0.15) is 5.10 Å². The molecule has 0 unspecified atom stereocenters. The summed E-state index contributed by atoms with van der Waals surface area (Å²) in [6, 6.07) is 12.6. The monoisotopic (exact) mass is 567 g/mol. The summed E-state index contributed by atoms with van der Waals surface area (Å²) >= 11 is 13.0. The Kier molecular flexibility index (Phi) is 7.16. The second kappa shape index (κ2) is 10.6. The molecule has 3 atom stereocenters. The lowest BCUT2D eigenvalue weighted by Crippen LogP contribution is -2.43. The van der Waals surface area contributed by atoms with Crippen LogP contribution in [0, 0.1) is 11.8 Å². The van der Waals surface area contributed by atoms with Crippen LogP contribution in [0.25, 0.3) is 5.69 Å². The minimum atomic E-state index is -0.346. The Morgan fingerprint density at radius 2 is 1.79 bits per heavy atom. The van der Waals surface area contributed by atoms with E-state index in [1.165, 1.54) is 0 Å². The maximum atomic E-state index is 13.4. The summed E-state index contributed by atoms with van der Waals surface area (Å²) < 4.78 is 13.6. The van der Waals surface area contributed by atoms with E-state index in [1.807, 2.05) is 43.1 Å². The Labute approximate surface area is 238 Å². The summed E-state index contributed by atoms with van der Waals surface area (Å²) in [5.74, 6) is 0.269. The lowest BCUT2D eigenvalue weighted by molar-refractivity contribution is -0.126. The number of rotatable bonds is 9. The predicted molar refractivity (Wildman–Crippen MR) is 150 cm³/mol. The van der Waals surface area contributed by atoms with Gasteiger partial charge >= 0.3 is 5.97 Å². The molecule has 2 bridgehead atoms. The zero-order valence-corrected chi connectivity index (χ0v) is 23.5. The number of hydrogen-bond donors (Lipinski definition) is 0. The molecule has 1 saturated heterocycles. The fourth-order valence-electron chi connectivity index (χ4n) is 5.75. The van der Waals surface area contributed by atoms with Gasteiger partial charge in [0.15, 0.2) is 0 Å². The number of amides is 1. The molecule has 2 heterocycles. The minimum absolute atomic E-state index is 0.0662. The number of anilines is 1. The van der Waals surface area contributed by atoms with Crippen LogP contribution in [0.15, 0.2) is 48.7 Å². The molecule has 3 aliphatic rings. The van der Waals surface area contributed by atoms with Crippen LogP contribution >= 0.6 is 23.2 Å². The molecular weight excluding hydrogens is 537 g/mol. The number of halogens is 2. The van der Waals surface area contributed by atoms with Gasteiger partial charge in [0.05, 0.1) is 52.7 Å². The fourth-order valence-corrected chi connectivity index (χ4v) is 6.30. The lowest BCUT2D eigenvalue weighted by Gasteiger charge is -2.31. The van der Waals surface area contributed by atoms with Gasteiger partial charge in [-0.05, 0) is 79.5 Å². The first kappa shape index (κ1) is 26.4. The number of ether oxygens (including phenoxy) is 2. The van der Waals surface area contributed by atoms with Crippen LogP contribution < -0.4 is 4.90 Å². The van der Waals surface area contributed by atoms with Gasteiger partial charge in [-0.1, -0.05) is 43.1 Å². The lowest BCUT2D eigenvalue weighted by atomic mass is 10.0. The first-order chi connectivity index (χ1) is 18.8. The van der Waals surface area contributed by atoms with Crippen LogP contribution in [-0.4, -0.2) is 40.4 Å². The van der Waals surface area contributed by atoms with E-state index in [-0.39, 0.29) is 35.9 Å². The Morgan fingerprint density at radius 1 is 1.08 bits per heavy atom. The summed E-state index contributed by atoms with van der Waals surface area (Å²) in [4.78, 5) is 27.5. The fraction of sp³-hybridized carbons (Fsp3) is 0.433. The Morgan fingerprint density at radius 3 is 2.44 bits per heavy atom. The third kappa shape index (κ3) is 5.08. The number of hydrogen-bond acceptors (Lipinski definition) is 5. The topological polar surface area (TPSA) is 73.7 Å². The third-order valence-corrected chi connectivity index (χ3v) is 8.44. The molecule has 2 aromatic carbocycles. The smallest absolute Gasteiger partial charge is 0.338 e. The van der Waals surface area contributed by atoms with E-state index >= 15 is 0 Å². The Balaban J connectivity index is 1.14. The molecule has 1 aliphatic heterocycles. The van der Waals surface area contributed by atoms with Gasteiger partial charge in [0.25, 0.3) is 0 Å². The molecule has 0 N–H and O–H groups in total. The van der Waals surface area contributed by atoms with Gasteiger partial charge < -0.3 is 14.4 Å². The Hall–Kier alpha value is -2.87. The molecule has 204 valence electrons.